The summed E-state index contributed by atoms with van der Waals surface area (Å²) in [7, 11) is 0.809. The minimum Gasteiger partial charge on any atom is -0.381 e. The smallest absolute Gasteiger partial charge is 0.333 e. The van der Waals surface area contributed by atoms with E-state index >= 15 is 0 Å². The zero-order chi connectivity index (χ0) is 39.2. The van der Waals surface area contributed by atoms with E-state index in [0.29, 0.717) is 11.8 Å². The molecule has 8 rings (SSSR count). The number of methoxy groups -OCH3 is 2. The Balaban J connectivity index is 1.14. The molecule has 18 atom stereocenters. The molecule has 322 valence electrons. The monoisotopic (exact) mass is 823 g/mol. The van der Waals surface area contributed by atoms with E-state index in [1.54, 1.807) is 0 Å². The third-order valence-electron chi connectivity index (χ3n) is 16.6. The second-order valence-corrected chi connectivity index (χ2v) is 24.2. The summed E-state index contributed by atoms with van der Waals surface area (Å²) in [5, 5.41) is 0. The molecule has 4 bridgehead atoms. The van der Waals surface area contributed by atoms with Gasteiger partial charge in [0.2, 0.25) is 0 Å². The summed E-state index contributed by atoms with van der Waals surface area (Å²) in [5.41, 5.74) is -0.0000730. The zero-order valence-corrected chi connectivity index (χ0v) is 38.3. The Bertz CT molecular complexity index is 1160. The molecule has 0 aromatic carbocycles. The number of rotatable bonds is 7. The first kappa shape index (κ1) is 43.2. The van der Waals surface area contributed by atoms with Crippen molar-refractivity contribution in [3.05, 3.63) is 0 Å². The molecule has 2 saturated heterocycles. The summed E-state index contributed by atoms with van der Waals surface area (Å²) in [6.07, 6.45) is 24.7. The lowest BCUT2D eigenvalue weighted by Crippen LogP contribution is -2.55. The fourth-order valence-corrected chi connectivity index (χ4v) is 16.6. The Labute approximate surface area is 344 Å². The van der Waals surface area contributed by atoms with Crippen molar-refractivity contribution < 1.29 is 36.6 Å². The molecule has 0 spiro atoms. The minimum absolute atomic E-state index is 0.0000365. The van der Waals surface area contributed by atoms with E-state index in [9.17, 15) is 0 Å². The van der Waals surface area contributed by atoms with Crippen LogP contribution in [0.25, 0.3) is 0 Å². The largest absolute Gasteiger partial charge is 0.381 e. The van der Waals surface area contributed by atoms with Gasteiger partial charge in [0.25, 0.3) is 0 Å². The van der Waals surface area contributed by atoms with E-state index < -0.39 is 17.2 Å². The van der Waals surface area contributed by atoms with Gasteiger partial charge in [-0.3, -0.25) is 0 Å². The van der Waals surface area contributed by atoms with Crippen LogP contribution in [0, 0.1) is 58.2 Å². The molecule has 6 saturated carbocycles. The Morgan fingerprint density at radius 3 is 1.23 bits per heavy atom. The van der Waals surface area contributed by atoms with E-state index in [4.69, 9.17) is 36.6 Å². The first-order valence-electron chi connectivity index (χ1n) is 23.5. The number of ether oxygens (including phenoxy) is 2. The first-order valence-corrected chi connectivity index (χ1v) is 25.7. The topological polar surface area (TPSA) is 73.8 Å². The fraction of sp³-hybridized carbons (Fsp3) is 1.00. The number of hydrogen-bond acceptors (Lipinski definition) is 8. The summed E-state index contributed by atoms with van der Waals surface area (Å²) in [6.45, 7) is 14.4. The van der Waals surface area contributed by atoms with Crippen LogP contribution in [0.4, 0.5) is 0 Å². The van der Waals surface area contributed by atoms with Gasteiger partial charge in [-0.05, 0) is 148 Å². The average molecular weight is 823 g/mol. The van der Waals surface area contributed by atoms with Crippen LogP contribution >= 0.6 is 17.2 Å². The molecule has 8 fully saturated rings. The molecule has 2 heterocycles. The second-order valence-electron chi connectivity index (χ2n) is 22.0. The molecule has 0 amide bonds. The van der Waals surface area contributed by atoms with Gasteiger partial charge < -0.3 is 36.6 Å². The zero-order valence-electron chi connectivity index (χ0n) is 36.5. The van der Waals surface area contributed by atoms with Crippen LogP contribution in [0.15, 0.2) is 0 Å². The van der Waals surface area contributed by atoms with Gasteiger partial charge in [0.1, 0.15) is 0 Å². The van der Waals surface area contributed by atoms with Crippen molar-refractivity contribution in [3.63, 3.8) is 0 Å². The van der Waals surface area contributed by atoms with Gasteiger partial charge in [0.05, 0.1) is 48.8 Å². The van der Waals surface area contributed by atoms with Crippen LogP contribution in [0.1, 0.15) is 170 Å². The highest BCUT2D eigenvalue weighted by Crippen LogP contribution is 2.62. The van der Waals surface area contributed by atoms with E-state index in [1.165, 1.54) is 77.0 Å². The predicted octanol–water partition coefficient (Wildman–Crippen LogP) is 12.7. The second kappa shape index (κ2) is 18.5. The lowest BCUT2D eigenvalue weighted by atomic mass is 9.57. The molecule has 2 aliphatic heterocycles. The van der Waals surface area contributed by atoms with Gasteiger partial charge in [-0.2, -0.15) is 0 Å². The van der Waals surface area contributed by atoms with Crippen LogP contribution in [0.2, 0.25) is 0 Å². The molecular formula is C46H80O8P2. The lowest BCUT2D eigenvalue weighted by molar-refractivity contribution is -0.153. The van der Waals surface area contributed by atoms with Crippen molar-refractivity contribution in [3.8, 4) is 0 Å². The molecule has 18 unspecified atom stereocenters. The van der Waals surface area contributed by atoms with Gasteiger partial charge in [0.15, 0.2) is 0 Å². The van der Waals surface area contributed by atoms with Gasteiger partial charge in [-0.25, -0.2) is 0 Å². The van der Waals surface area contributed by atoms with E-state index in [0.717, 1.165) is 63.2 Å². The standard InChI is InChI=1S/C46H80O8P2/c1-45(2,3)39-27-33(47-7)25-37(43(39)53-55-49-31-17-13-15-29(23-31)35-19-9-11-21-41(35)51-55)38-26-34(48-8)28-40(46(4,5)6)44(38)54-56-50-32-18-14-16-30(24-32)36-20-10-12-22-42(36)52-56/h29-44H,9-28H2,1-8H3. The maximum Gasteiger partial charge on any atom is 0.333 e. The van der Waals surface area contributed by atoms with Crippen LogP contribution < -0.4 is 0 Å². The number of fused-ring (bicyclic) bond motifs is 8. The Kier molecular flexibility index (Phi) is 14.3. The van der Waals surface area contributed by atoms with E-state index in [2.05, 4.69) is 41.5 Å². The lowest BCUT2D eigenvalue weighted by Gasteiger charge is -2.55. The fourth-order valence-electron chi connectivity index (χ4n) is 13.5. The number of hydrogen-bond donors (Lipinski definition) is 0. The van der Waals surface area contributed by atoms with Crippen molar-refractivity contribution >= 4 is 17.2 Å². The van der Waals surface area contributed by atoms with E-state index in [-0.39, 0.29) is 83.3 Å². The maximum atomic E-state index is 7.61. The van der Waals surface area contributed by atoms with Crippen LogP contribution in [-0.2, 0) is 36.6 Å². The first-order chi connectivity index (χ1) is 26.9. The molecule has 6 aliphatic carbocycles. The highest BCUT2D eigenvalue weighted by atomic mass is 31.2. The summed E-state index contributed by atoms with van der Waals surface area (Å²) < 4.78 is 56.4. The van der Waals surface area contributed by atoms with Gasteiger partial charge in [-0.1, -0.05) is 80.1 Å². The third kappa shape index (κ3) is 9.76. The van der Waals surface area contributed by atoms with E-state index in [1.807, 2.05) is 14.2 Å². The van der Waals surface area contributed by atoms with Crippen LogP contribution in [0.5, 0.6) is 0 Å². The summed E-state index contributed by atoms with van der Waals surface area (Å²) >= 11 is 0. The predicted molar refractivity (Wildman–Crippen MR) is 224 cm³/mol. The normalized spacial score (nSPS) is 48.0. The summed E-state index contributed by atoms with van der Waals surface area (Å²) in [5.74, 6) is 3.64. The van der Waals surface area contributed by atoms with Crippen molar-refractivity contribution in [2.45, 2.75) is 219 Å². The van der Waals surface area contributed by atoms with Crippen LogP contribution in [-0.4, -0.2) is 63.1 Å². The quantitative estimate of drug-likeness (QED) is 0.235. The van der Waals surface area contributed by atoms with Gasteiger partial charge >= 0.3 is 17.2 Å². The van der Waals surface area contributed by atoms with Gasteiger partial charge in [-0.15, -0.1) is 0 Å². The van der Waals surface area contributed by atoms with Crippen LogP contribution in [0.3, 0.4) is 0 Å². The molecular weight excluding hydrogens is 742 g/mol. The molecule has 0 aromatic heterocycles. The van der Waals surface area contributed by atoms with Crippen molar-refractivity contribution in [1.82, 2.24) is 0 Å². The molecule has 8 nitrogen and oxygen atoms in total. The van der Waals surface area contributed by atoms with Crippen molar-refractivity contribution in [1.29, 1.82) is 0 Å². The molecule has 0 aromatic rings. The Morgan fingerprint density at radius 1 is 0.429 bits per heavy atom. The van der Waals surface area contributed by atoms with Crippen molar-refractivity contribution in [2.24, 2.45) is 58.2 Å². The summed E-state index contributed by atoms with van der Waals surface area (Å²) in [4.78, 5) is 0. The highest BCUT2D eigenvalue weighted by molar-refractivity contribution is 7.42. The molecule has 0 N–H and O–H groups in total. The third-order valence-corrected chi connectivity index (χ3v) is 19.2. The molecule has 10 heteroatoms. The summed E-state index contributed by atoms with van der Waals surface area (Å²) in [6, 6.07) is 0. The minimum atomic E-state index is -1.51. The average Bonchev–Trinajstić information content (AvgIpc) is 3.17. The Hall–Kier alpha value is 0.540. The maximum absolute atomic E-state index is 7.61. The van der Waals surface area contributed by atoms with Gasteiger partial charge in [0, 0.05) is 14.2 Å². The molecule has 8 aliphatic rings. The highest BCUT2D eigenvalue weighted by Gasteiger charge is 2.56. The molecule has 0 radical (unpaired) electrons. The SMILES string of the molecule is COC1CC(C2CC(OC)CC(C(C)(C)C)C2OP2OC3CCCC(C3)C3CCCCC3O2)C(OP2OC3CCCC(C3)C3CCCCC3O2)C(C(C)(C)C)C1. The van der Waals surface area contributed by atoms with Crippen molar-refractivity contribution in [2.75, 3.05) is 14.2 Å². The Morgan fingerprint density at radius 2 is 0.839 bits per heavy atom. The molecule has 56 heavy (non-hydrogen) atoms.